The average Bonchev–Trinajstić information content (AvgIpc) is 2.37. The summed E-state index contributed by atoms with van der Waals surface area (Å²) in [6, 6.07) is 3.65. The molecule has 0 saturated carbocycles. The maximum Gasteiger partial charge on any atom is 0.243 e. The van der Waals surface area contributed by atoms with Crippen molar-refractivity contribution >= 4 is 33.4 Å². The van der Waals surface area contributed by atoms with Crippen LogP contribution in [-0.4, -0.2) is 36.3 Å². The molecule has 1 saturated heterocycles. The van der Waals surface area contributed by atoms with Crippen LogP contribution in [0.15, 0.2) is 17.0 Å². The van der Waals surface area contributed by atoms with E-state index in [0.29, 0.717) is 34.4 Å². The summed E-state index contributed by atoms with van der Waals surface area (Å²) < 4.78 is 27.5. The largest absolute Gasteiger partial charge is 0.243 e. The van der Waals surface area contributed by atoms with Gasteiger partial charge in [0.05, 0.1) is 4.90 Å². The Balaban J connectivity index is 2.44. The minimum Gasteiger partial charge on any atom is -0.207 e. The molecule has 2 atom stereocenters. The number of hydrogen-bond acceptors (Lipinski definition) is 3. The number of nitrogens with zero attached hydrogens (tertiary/aromatic N) is 1. The Morgan fingerprint density at radius 3 is 2.29 bits per heavy atom. The summed E-state index contributed by atoms with van der Waals surface area (Å²) in [5.41, 5.74) is 2.71. The predicted octanol–water partition coefficient (Wildman–Crippen LogP) is 3.56. The predicted molar refractivity (Wildman–Crippen MR) is 90.7 cm³/mol. The van der Waals surface area contributed by atoms with Crippen LogP contribution in [0.1, 0.15) is 30.5 Å². The van der Waals surface area contributed by atoms with Gasteiger partial charge in [0, 0.05) is 29.5 Å². The van der Waals surface area contributed by atoms with Gasteiger partial charge in [-0.05, 0) is 36.6 Å². The van der Waals surface area contributed by atoms with E-state index in [9.17, 15) is 8.42 Å². The molecule has 2 unspecified atom stereocenters. The fourth-order valence-electron chi connectivity index (χ4n) is 2.76. The second-order valence-corrected chi connectivity index (χ2v) is 9.81. The molecule has 1 aliphatic heterocycles. The van der Waals surface area contributed by atoms with E-state index in [2.05, 4.69) is 13.8 Å². The van der Waals surface area contributed by atoms with Gasteiger partial charge in [0.2, 0.25) is 10.0 Å². The minimum absolute atomic E-state index is 0.321. The van der Waals surface area contributed by atoms with Gasteiger partial charge in [0.1, 0.15) is 0 Å². The third kappa shape index (κ3) is 3.58. The van der Waals surface area contributed by atoms with E-state index in [1.54, 1.807) is 10.4 Å². The van der Waals surface area contributed by atoms with Crippen LogP contribution in [0.5, 0.6) is 0 Å². The van der Waals surface area contributed by atoms with Gasteiger partial charge in [0.15, 0.2) is 0 Å². The van der Waals surface area contributed by atoms with E-state index >= 15 is 0 Å². The van der Waals surface area contributed by atoms with Gasteiger partial charge in [-0.15, -0.1) is 11.6 Å². The molecule has 21 heavy (non-hydrogen) atoms. The highest BCUT2D eigenvalue weighted by atomic mass is 35.5. The molecular weight excluding hydrogens is 326 g/mol. The molecule has 1 aliphatic rings. The SMILES string of the molecule is Cc1cc(C)c(S(=O)(=O)N2CC(C)SC(C)C2)cc1CCl. The fourth-order valence-corrected chi connectivity index (χ4v) is 6.44. The average molecular weight is 348 g/mol. The Kier molecular flexibility index (Phi) is 5.29. The Labute approximate surface area is 137 Å². The summed E-state index contributed by atoms with van der Waals surface area (Å²) in [6.45, 7) is 9.11. The summed E-state index contributed by atoms with van der Waals surface area (Å²) in [5, 5.41) is 0.642. The number of benzene rings is 1. The quantitative estimate of drug-likeness (QED) is 0.784. The van der Waals surface area contributed by atoms with Crippen LogP contribution in [0, 0.1) is 13.8 Å². The van der Waals surface area contributed by atoms with Crippen LogP contribution in [0.3, 0.4) is 0 Å². The van der Waals surface area contributed by atoms with Crippen LogP contribution in [0.4, 0.5) is 0 Å². The molecule has 0 spiro atoms. The topological polar surface area (TPSA) is 37.4 Å². The summed E-state index contributed by atoms with van der Waals surface area (Å²) >= 11 is 7.77. The first-order valence-electron chi connectivity index (χ1n) is 7.07. The van der Waals surface area contributed by atoms with Crippen LogP contribution in [0.25, 0.3) is 0 Å². The molecule has 0 aliphatic carbocycles. The van der Waals surface area contributed by atoms with Crippen LogP contribution in [-0.2, 0) is 15.9 Å². The zero-order valence-corrected chi connectivity index (χ0v) is 15.3. The van der Waals surface area contributed by atoms with Gasteiger partial charge in [-0.25, -0.2) is 8.42 Å². The first-order chi connectivity index (χ1) is 9.75. The van der Waals surface area contributed by atoms with Crippen LogP contribution < -0.4 is 0 Å². The lowest BCUT2D eigenvalue weighted by molar-refractivity contribution is 0.404. The van der Waals surface area contributed by atoms with Crippen molar-refractivity contribution < 1.29 is 8.42 Å². The molecule has 1 fully saturated rings. The smallest absolute Gasteiger partial charge is 0.207 e. The molecule has 1 aromatic rings. The maximum absolute atomic E-state index is 13.0. The molecule has 0 amide bonds. The highest BCUT2D eigenvalue weighted by molar-refractivity contribution is 8.00. The lowest BCUT2D eigenvalue weighted by atomic mass is 10.1. The molecule has 6 heteroatoms. The summed E-state index contributed by atoms with van der Waals surface area (Å²) in [6.07, 6.45) is 0. The number of rotatable bonds is 3. The first-order valence-corrected chi connectivity index (χ1v) is 9.99. The zero-order valence-electron chi connectivity index (χ0n) is 12.9. The van der Waals surface area contributed by atoms with Gasteiger partial charge in [-0.3, -0.25) is 0 Å². The number of alkyl halides is 1. The minimum atomic E-state index is -3.45. The third-order valence-corrected chi connectivity index (χ3v) is 7.27. The highest BCUT2D eigenvalue weighted by Crippen LogP contribution is 2.31. The molecule has 1 heterocycles. The van der Waals surface area contributed by atoms with Crippen molar-refractivity contribution in [2.24, 2.45) is 0 Å². The Hall–Kier alpha value is -0.230. The second-order valence-electron chi connectivity index (χ2n) is 5.76. The summed E-state index contributed by atoms with van der Waals surface area (Å²) in [4.78, 5) is 0.398. The molecule has 2 rings (SSSR count). The van der Waals surface area contributed by atoms with Gasteiger partial charge in [0.25, 0.3) is 0 Å². The van der Waals surface area contributed by atoms with Crippen molar-refractivity contribution in [3.8, 4) is 0 Å². The molecule has 118 valence electrons. The monoisotopic (exact) mass is 347 g/mol. The van der Waals surface area contributed by atoms with Gasteiger partial charge in [-0.2, -0.15) is 16.1 Å². The maximum atomic E-state index is 13.0. The van der Waals surface area contributed by atoms with Crippen molar-refractivity contribution in [1.82, 2.24) is 4.31 Å². The second kappa shape index (κ2) is 6.49. The van der Waals surface area contributed by atoms with Crippen molar-refractivity contribution in [2.45, 2.75) is 49.0 Å². The number of aryl methyl sites for hydroxylation is 2. The molecule has 0 bridgehead atoms. The van der Waals surface area contributed by atoms with E-state index in [4.69, 9.17) is 11.6 Å². The number of halogens is 1. The van der Waals surface area contributed by atoms with Crippen molar-refractivity contribution in [1.29, 1.82) is 0 Å². The van der Waals surface area contributed by atoms with Crippen molar-refractivity contribution in [3.05, 3.63) is 28.8 Å². The molecule has 0 N–H and O–H groups in total. The Bertz CT molecular complexity index is 621. The normalized spacial score (nSPS) is 24.2. The van der Waals surface area contributed by atoms with E-state index < -0.39 is 10.0 Å². The third-order valence-electron chi connectivity index (χ3n) is 3.78. The highest BCUT2D eigenvalue weighted by Gasteiger charge is 2.33. The summed E-state index contributed by atoms with van der Waals surface area (Å²) in [5.74, 6) is 0.331. The van der Waals surface area contributed by atoms with Crippen LogP contribution >= 0.6 is 23.4 Å². The number of thioether (sulfide) groups is 1. The standard InChI is InChI=1S/C15H22ClNO2S2/c1-10-5-11(2)15(6-14(10)7-16)21(18,19)17-8-12(3)20-13(4)9-17/h5-6,12-13H,7-9H2,1-4H3. The number of sulfonamides is 1. The van der Waals surface area contributed by atoms with Gasteiger partial charge >= 0.3 is 0 Å². The lowest BCUT2D eigenvalue weighted by Crippen LogP contribution is -2.44. The molecular formula is C15H22ClNO2S2. The van der Waals surface area contributed by atoms with Crippen molar-refractivity contribution in [3.63, 3.8) is 0 Å². The molecule has 3 nitrogen and oxygen atoms in total. The van der Waals surface area contributed by atoms with Crippen LogP contribution in [0.2, 0.25) is 0 Å². The first kappa shape index (κ1) is 17.1. The Morgan fingerprint density at radius 1 is 1.19 bits per heavy atom. The van der Waals surface area contributed by atoms with E-state index in [1.165, 1.54) is 0 Å². The van der Waals surface area contributed by atoms with E-state index in [0.717, 1.165) is 16.7 Å². The van der Waals surface area contributed by atoms with E-state index in [-0.39, 0.29) is 0 Å². The zero-order chi connectivity index (χ0) is 15.8. The molecule has 0 aromatic heterocycles. The lowest BCUT2D eigenvalue weighted by Gasteiger charge is -2.34. The van der Waals surface area contributed by atoms with E-state index in [1.807, 2.05) is 31.7 Å². The van der Waals surface area contributed by atoms with Gasteiger partial charge < -0.3 is 0 Å². The summed E-state index contributed by atoms with van der Waals surface area (Å²) in [7, 11) is -3.45. The molecule has 1 aromatic carbocycles. The molecule has 0 radical (unpaired) electrons. The fraction of sp³-hybridized carbons (Fsp3) is 0.600. The number of hydrogen-bond donors (Lipinski definition) is 0. The Morgan fingerprint density at radius 2 is 1.76 bits per heavy atom. The van der Waals surface area contributed by atoms with Gasteiger partial charge in [-0.1, -0.05) is 19.9 Å². The van der Waals surface area contributed by atoms with Crippen molar-refractivity contribution in [2.75, 3.05) is 13.1 Å².